The highest BCUT2D eigenvalue weighted by atomic mass is 79.9. The van der Waals surface area contributed by atoms with Crippen molar-refractivity contribution in [2.45, 2.75) is 133 Å². The zero-order valence-corrected chi connectivity index (χ0v) is 81.8. The van der Waals surface area contributed by atoms with Crippen LogP contribution in [0, 0.1) is 0 Å². The highest BCUT2D eigenvalue weighted by Gasteiger charge is 2.49. The lowest BCUT2D eigenvalue weighted by Gasteiger charge is -2.40. The maximum atomic E-state index is 13.0. The molecule has 10 unspecified atom stereocenters. The predicted molar refractivity (Wildman–Crippen MR) is 548 cm³/mol. The Bertz CT molecular complexity index is 7210. The van der Waals surface area contributed by atoms with Crippen LogP contribution in [0.15, 0.2) is 355 Å². The van der Waals surface area contributed by atoms with E-state index in [9.17, 15) is 66.1 Å². The number of rotatable bonds is 30. The lowest BCUT2D eigenvalue weighted by atomic mass is 9.77. The predicted octanol–water partition coefficient (Wildman–Crippen LogP) is 22.7. The van der Waals surface area contributed by atoms with Crippen LogP contribution >= 0.6 is 31.9 Å². The number of aliphatic hydroxyl groups is 4. The molecule has 0 aliphatic carbocycles. The number of halogens is 2. The number of carbonyl (C=O) groups is 1. The van der Waals surface area contributed by atoms with Gasteiger partial charge in [0.25, 0.3) is 0 Å². The van der Waals surface area contributed by atoms with Gasteiger partial charge in [0.05, 0.1) is 23.7 Å². The molecule has 0 saturated carbocycles. The minimum atomic E-state index is -1.53. The molecule has 744 valence electrons. The third-order valence-electron chi connectivity index (χ3n) is 25.1. The number of phenols is 8. The first kappa shape index (κ1) is 99.9. The first-order chi connectivity index (χ1) is 71.0. The molecule has 0 bridgehead atoms. The fourth-order valence-corrected chi connectivity index (χ4v) is 18.7. The third-order valence-corrected chi connectivity index (χ3v) is 26.6. The second-order valence-corrected chi connectivity index (χ2v) is 36.8. The summed E-state index contributed by atoms with van der Waals surface area (Å²) in [5.41, 5.74) is 10.6. The summed E-state index contributed by atoms with van der Waals surface area (Å²) in [4.78, 5) is 12.6. The number of hydrogen-bond acceptors (Lipinski definition) is 26. The van der Waals surface area contributed by atoms with E-state index in [1.54, 1.807) is 54.6 Å². The zero-order valence-electron chi connectivity index (χ0n) is 78.6. The number of aromatic hydroxyl groups is 8. The molecule has 4 aliphatic rings. The fourth-order valence-electron chi connectivity index (χ4n) is 17.7. The number of fused-ring (bicyclic) bond motifs is 4. The van der Waals surface area contributed by atoms with E-state index in [0.29, 0.717) is 105 Å². The Kier molecular flexibility index (Phi) is 31.5. The molecule has 0 saturated heterocycles. The van der Waals surface area contributed by atoms with Crippen molar-refractivity contribution in [2.75, 3.05) is 0 Å². The van der Waals surface area contributed by atoms with Crippen molar-refractivity contribution in [1.29, 1.82) is 0 Å². The minimum absolute atomic E-state index is 0.0430. The molecular weight excluding hydrogens is 1990 g/mol. The Balaban J connectivity index is 0.000000163. The first-order valence-corrected chi connectivity index (χ1v) is 48.6. The van der Waals surface area contributed by atoms with E-state index in [1.165, 1.54) is 49.4 Å². The van der Waals surface area contributed by atoms with Crippen molar-refractivity contribution < 1.29 is 128 Å². The number of esters is 1. The minimum Gasteiger partial charge on any atom is -0.507 e. The van der Waals surface area contributed by atoms with E-state index >= 15 is 0 Å². The molecule has 146 heavy (non-hydrogen) atoms. The van der Waals surface area contributed by atoms with Gasteiger partial charge in [0.1, 0.15) is 143 Å². The quantitative estimate of drug-likeness (QED) is 0.0147. The van der Waals surface area contributed by atoms with Gasteiger partial charge in [0.15, 0.2) is 76.5 Å². The number of hydrogen-bond donors (Lipinski definition) is 12. The van der Waals surface area contributed by atoms with Gasteiger partial charge < -0.3 is 123 Å². The maximum absolute atomic E-state index is 13.0. The topological polar surface area (TPSA) is 380 Å². The summed E-state index contributed by atoms with van der Waals surface area (Å²) >= 11 is 6.74. The molecular formula is C118H102Br2O26. The summed E-state index contributed by atoms with van der Waals surface area (Å²) in [6.07, 6.45) is -10.2. The smallest absolute Gasteiger partial charge is 0.303 e. The van der Waals surface area contributed by atoms with Gasteiger partial charge in [-0.2, -0.15) is 0 Å². The van der Waals surface area contributed by atoms with Crippen molar-refractivity contribution in [3.8, 4) is 115 Å². The van der Waals surface area contributed by atoms with E-state index in [4.69, 9.17) is 61.6 Å². The summed E-state index contributed by atoms with van der Waals surface area (Å²) < 4.78 is 82.7. The molecule has 26 nitrogen and oxygen atoms in total. The van der Waals surface area contributed by atoms with Crippen LogP contribution in [0.1, 0.15) is 138 Å². The average Bonchev–Trinajstić information content (AvgIpc) is 0.721. The Morgan fingerprint density at radius 3 is 0.986 bits per heavy atom. The molecule has 20 rings (SSSR count). The summed E-state index contributed by atoms with van der Waals surface area (Å²) in [7, 11) is 0. The largest absolute Gasteiger partial charge is 0.507 e. The van der Waals surface area contributed by atoms with Gasteiger partial charge in [-0.15, -0.1) is 0 Å². The second kappa shape index (κ2) is 46.0. The van der Waals surface area contributed by atoms with Gasteiger partial charge in [-0.05, 0) is 147 Å². The average molecular weight is 2100 g/mol. The molecule has 0 fully saturated rings. The van der Waals surface area contributed by atoms with Crippen molar-refractivity contribution in [2.24, 2.45) is 0 Å². The van der Waals surface area contributed by atoms with E-state index < -0.39 is 84.1 Å². The van der Waals surface area contributed by atoms with Crippen LogP contribution in [0.2, 0.25) is 0 Å². The molecule has 0 spiro atoms. The molecule has 0 aromatic heterocycles. The summed E-state index contributed by atoms with van der Waals surface area (Å²) in [6.45, 7) is 3.28. The van der Waals surface area contributed by atoms with Crippen molar-refractivity contribution in [3.05, 3.63) is 449 Å². The van der Waals surface area contributed by atoms with Crippen molar-refractivity contribution in [1.82, 2.24) is 0 Å². The van der Waals surface area contributed by atoms with E-state index in [0.717, 1.165) is 44.5 Å². The standard InChI is InChI=1S/C58H49BrO12.C45H40O8.C15H13BrO6/c59-52-54(64)51(53(63)41-29-44(62)56(71-58(41)52)38-21-23-42(60)43(61)25-38)50-49-47(69-33-37-19-11-4-12-20-37)27-40(66-30-34-13-5-1-6-14-34)28-48(49)70-57(55(50)65)39-22-24-45(67-31-35-15-7-2-8-16-35)46(26-39)68-32-36-17-9-3-10-18-36;1-31(46)52-45-42-40(51-30-35-20-12-5-13-21-35)25-37(48-27-32-14-6-2-7-15-32)26-41(42)53-44(43(45)47)36-22-23-38(49-28-33-16-8-3-9-17-33)39(24-36)50-29-34-18-10-4-11-19-34;16-13-11(20)5-9(18)7-4-12(21)14(22-15(7)13)6-1-2-8(17)10(19)3-6/h1-28,44,50,55-57,60-65H,29-33H2;2-26,43-45,47H,27-30H2,1H3;1-3,5,12,14,17-21H,4H2. The zero-order chi connectivity index (χ0) is 101. The molecule has 16 aromatic rings. The van der Waals surface area contributed by atoms with E-state index in [1.807, 2.05) is 249 Å². The van der Waals surface area contributed by atoms with Gasteiger partial charge in [0.2, 0.25) is 0 Å². The number of aliphatic hydroxyl groups excluding tert-OH is 4. The van der Waals surface area contributed by atoms with Gasteiger partial charge >= 0.3 is 5.97 Å². The summed E-state index contributed by atoms with van der Waals surface area (Å²) in [5.74, 6) is -0.165. The summed E-state index contributed by atoms with van der Waals surface area (Å²) in [5, 5.41) is 131. The normalized spacial score (nSPS) is 17.6. The molecule has 4 aliphatic heterocycles. The van der Waals surface area contributed by atoms with Crippen molar-refractivity contribution in [3.63, 3.8) is 0 Å². The number of benzene rings is 16. The number of ether oxygens (including phenoxy) is 13. The fraction of sp³-hybridized carbons (Fsp3) is 0.178. The van der Waals surface area contributed by atoms with Gasteiger partial charge in [-0.1, -0.05) is 267 Å². The van der Waals surface area contributed by atoms with Crippen LogP contribution in [0.25, 0.3) is 0 Å². The SMILES string of the molecule is CC(=O)OC1c2c(OCc3ccccc3)cc(OCc3ccccc3)cc2OC(c2ccc(OCc3ccccc3)c(OCc3ccccc3)c2)C1O.Oc1ccc(C2Oc3c(Br)c(O)c(C4c5c(OCc6ccccc6)cc(OCc6ccccc6)cc5OC(c5ccc(OCc6ccccc6)c(OCc6ccccc6)c5)C4O)c(O)c3CC2O)cc1O.Oc1ccc(C2Oc3c(Br)c(O)cc(O)c3CC2O)cc1O. The number of phenolic OH excluding ortho intramolecular Hbond substituents is 8. The lowest BCUT2D eigenvalue weighted by molar-refractivity contribution is -0.160. The Morgan fingerprint density at radius 2 is 0.610 bits per heavy atom. The van der Waals surface area contributed by atoms with Gasteiger partial charge in [0, 0.05) is 72.4 Å². The Hall–Kier alpha value is -16.2. The Labute approximate surface area is 857 Å². The van der Waals surface area contributed by atoms with Crippen molar-refractivity contribution >= 4 is 37.8 Å². The van der Waals surface area contributed by atoms with Gasteiger partial charge in [-0.3, -0.25) is 4.79 Å². The van der Waals surface area contributed by atoms with Crippen LogP contribution in [-0.2, 0) is 75.2 Å². The third kappa shape index (κ3) is 23.5. The van der Waals surface area contributed by atoms with Crippen LogP contribution in [0.5, 0.6) is 115 Å². The van der Waals surface area contributed by atoms with Crippen LogP contribution in [0.3, 0.4) is 0 Å². The molecule has 10 atom stereocenters. The van der Waals surface area contributed by atoms with Crippen LogP contribution < -0.4 is 56.8 Å². The summed E-state index contributed by atoms with van der Waals surface area (Å²) in [6, 6.07) is 105. The first-order valence-electron chi connectivity index (χ1n) is 47.0. The Morgan fingerprint density at radius 1 is 0.288 bits per heavy atom. The highest BCUT2D eigenvalue weighted by molar-refractivity contribution is 9.11. The molecule has 12 N–H and O–H groups in total. The molecule has 0 radical (unpaired) electrons. The van der Waals surface area contributed by atoms with E-state index in [2.05, 4.69) is 31.9 Å². The second-order valence-electron chi connectivity index (χ2n) is 35.2. The van der Waals surface area contributed by atoms with Crippen LogP contribution in [0.4, 0.5) is 0 Å². The molecule has 16 aromatic carbocycles. The molecule has 28 heteroatoms. The maximum Gasteiger partial charge on any atom is 0.303 e. The lowest BCUT2D eigenvalue weighted by Crippen LogP contribution is -2.37. The highest BCUT2D eigenvalue weighted by Crippen LogP contribution is 2.61. The molecule has 4 heterocycles. The van der Waals surface area contributed by atoms with Gasteiger partial charge in [-0.25, -0.2) is 0 Å². The monoisotopic (exact) mass is 2090 g/mol. The number of carbonyl (C=O) groups excluding carboxylic acids is 1. The van der Waals surface area contributed by atoms with Crippen LogP contribution in [-0.4, -0.2) is 91.7 Å². The van der Waals surface area contributed by atoms with E-state index in [-0.39, 0.29) is 118 Å². The molecule has 0 amide bonds.